The van der Waals surface area contributed by atoms with Crippen LogP contribution in [0, 0.1) is 0 Å². The second-order valence-corrected chi connectivity index (χ2v) is 5.37. The molecule has 2 rings (SSSR count). The first kappa shape index (κ1) is 12.1. The van der Waals surface area contributed by atoms with Crippen molar-refractivity contribution in [2.24, 2.45) is 0 Å². The summed E-state index contributed by atoms with van der Waals surface area (Å²) in [5.74, 6) is 0. The summed E-state index contributed by atoms with van der Waals surface area (Å²) in [5, 5.41) is 3.29. The van der Waals surface area contributed by atoms with E-state index in [1.807, 2.05) is 7.05 Å². The Balaban J connectivity index is 1.95. The van der Waals surface area contributed by atoms with E-state index < -0.39 is 0 Å². The molecule has 1 atom stereocenters. The third kappa shape index (κ3) is 3.06. The van der Waals surface area contributed by atoms with Gasteiger partial charge in [-0.1, -0.05) is 28.1 Å². The van der Waals surface area contributed by atoms with E-state index in [1.54, 1.807) is 0 Å². The van der Waals surface area contributed by atoms with Crippen LogP contribution in [0.5, 0.6) is 0 Å². The van der Waals surface area contributed by atoms with Gasteiger partial charge < -0.3 is 5.32 Å². The molecule has 0 aliphatic carbocycles. The molecule has 1 unspecified atom stereocenters. The molecule has 0 spiro atoms. The largest absolute Gasteiger partial charge is 0.318 e. The highest BCUT2D eigenvalue weighted by Crippen LogP contribution is 2.20. The molecule has 1 aromatic carbocycles. The molecular formula is C13H19BrN2. The predicted octanol–water partition coefficient (Wildman–Crippen LogP) is 2.63. The lowest BCUT2D eigenvalue weighted by atomic mass is 10.2. The Bertz CT molecular complexity index is 323. The zero-order valence-corrected chi connectivity index (χ0v) is 11.3. The Hall–Kier alpha value is -0.380. The third-order valence-electron chi connectivity index (χ3n) is 3.24. The average molecular weight is 283 g/mol. The van der Waals surface area contributed by atoms with E-state index in [0.29, 0.717) is 6.04 Å². The van der Waals surface area contributed by atoms with E-state index in [2.05, 4.69) is 50.4 Å². The molecule has 1 aliphatic heterocycles. The van der Waals surface area contributed by atoms with Crippen molar-refractivity contribution >= 4 is 15.9 Å². The van der Waals surface area contributed by atoms with Gasteiger partial charge in [-0.2, -0.15) is 0 Å². The van der Waals surface area contributed by atoms with E-state index in [-0.39, 0.29) is 0 Å². The third-order valence-corrected chi connectivity index (χ3v) is 3.77. The normalized spacial score (nSPS) is 21.5. The van der Waals surface area contributed by atoms with Gasteiger partial charge in [0.05, 0.1) is 0 Å². The van der Waals surface area contributed by atoms with Gasteiger partial charge in [0.25, 0.3) is 0 Å². The second kappa shape index (κ2) is 5.80. The van der Waals surface area contributed by atoms with Crippen LogP contribution in [0.3, 0.4) is 0 Å². The Morgan fingerprint density at radius 2 is 2.12 bits per heavy atom. The Morgan fingerprint density at radius 1 is 1.38 bits per heavy atom. The Labute approximate surface area is 106 Å². The number of halogens is 1. The summed E-state index contributed by atoms with van der Waals surface area (Å²) >= 11 is 3.47. The van der Waals surface area contributed by atoms with Crippen LogP contribution in [-0.2, 0) is 6.54 Å². The van der Waals surface area contributed by atoms with Gasteiger partial charge in [-0.3, -0.25) is 4.90 Å². The van der Waals surface area contributed by atoms with Gasteiger partial charge in [0, 0.05) is 23.6 Å². The number of rotatable bonds is 4. The topological polar surface area (TPSA) is 15.3 Å². The molecule has 1 saturated heterocycles. The zero-order valence-electron chi connectivity index (χ0n) is 9.75. The van der Waals surface area contributed by atoms with Crippen molar-refractivity contribution < 1.29 is 0 Å². The number of likely N-dealkylation sites (tertiary alicyclic amines) is 1. The van der Waals surface area contributed by atoms with Gasteiger partial charge in [-0.05, 0) is 44.1 Å². The molecule has 1 heterocycles. The lowest BCUT2D eigenvalue weighted by Crippen LogP contribution is -2.36. The summed E-state index contributed by atoms with van der Waals surface area (Å²) in [5.41, 5.74) is 1.41. The molecule has 1 N–H and O–H groups in total. The maximum Gasteiger partial charge on any atom is 0.0237 e. The molecule has 0 amide bonds. The first-order valence-corrected chi connectivity index (χ1v) is 6.72. The smallest absolute Gasteiger partial charge is 0.0237 e. The standard InChI is InChI=1S/C13H19BrN2/c1-15-9-13-3-2-8-16(13)10-11-4-6-12(14)7-5-11/h4-7,13,15H,2-3,8-10H2,1H3. The molecule has 0 bridgehead atoms. The van der Waals surface area contributed by atoms with Crippen LogP contribution in [0.4, 0.5) is 0 Å². The molecule has 3 heteroatoms. The maximum absolute atomic E-state index is 3.47. The van der Waals surface area contributed by atoms with Crippen LogP contribution in [0.1, 0.15) is 18.4 Å². The first-order valence-electron chi connectivity index (χ1n) is 5.92. The van der Waals surface area contributed by atoms with Crippen molar-refractivity contribution in [1.29, 1.82) is 0 Å². The van der Waals surface area contributed by atoms with E-state index in [9.17, 15) is 0 Å². The average Bonchev–Trinajstić information content (AvgIpc) is 2.70. The van der Waals surface area contributed by atoms with Gasteiger partial charge in [0.2, 0.25) is 0 Å². The maximum atomic E-state index is 3.47. The van der Waals surface area contributed by atoms with Crippen LogP contribution in [0.15, 0.2) is 28.7 Å². The molecule has 0 saturated carbocycles. The zero-order chi connectivity index (χ0) is 11.4. The van der Waals surface area contributed by atoms with E-state index >= 15 is 0 Å². The van der Waals surface area contributed by atoms with Gasteiger partial charge in [-0.15, -0.1) is 0 Å². The van der Waals surface area contributed by atoms with Crippen molar-refractivity contribution in [3.05, 3.63) is 34.3 Å². The highest BCUT2D eigenvalue weighted by molar-refractivity contribution is 9.10. The van der Waals surface area contributed by atoms with Crippen molar-refractivity contribution in [2.45, 2.75) is 25.4 Å². The monoisotopic (exact) mass is 282 g/mol. The highest BCUT2D eigenvalue weighted by Gasteiger charge is 2.23. The van der Waals surface area contributed by atoms with E-state index in [1.165, 1.54) is 24.9 Å². The number of hydrogen-bond donors (Lipinski definition) is 1. The lowest BCUT2D eigenvalue weighted by Gasteiger charge is -2.24. The molecule has 2 nitrogen and oxygen atoms in total. The minimum Gasteiger partial charge on any atom is -0.318 e. The van der Waals surface area contributed by atoms with E-state index in [4.69, 9.17) is 0 Å². The van der Waals surface area contributed by atoms with Crippen LogP contribution >= 0.6 is 15.9 Å². The lowest BCUT2D eigenvalue weighted by molar-refractivity contribution is 0.242. The quantitative estimate of drug-likeness (QED) is 0.914. The van der Waals surface area contributed by atoms with Crippen molar-refractivity contribution in [3.8, 4) is 0 Å². The molecule has 0 radical (unpaired) electrons. The number of nitrogens with one attached hydrogen (secondary N) is 1. The Morgan fingerprint density at radius 3 is 2.81 bits per heavy atom. The number of benzene rings is 1. The van der Waals surface area contributed by atoms with Crippen LogP contribution in [0.2, 0.25) is 0 Å². The number of nitrogens with zero attached hydrogens (tertiary/aromatic N) is 1. The second-order valence-electron chi connectivity index (χ2n) is 4.45. The first-order chi connectivity index (χ1) is 7.79. The molecule has 1 aromatic rings. The Kier molecular flexibility index (Phi) is 4.38. The summed E-state index contributed by atoms with van der Waals surface area (Å²) in [6, 6.07) is 9.38. The summed E-state index contributed by atoms with van der Waals surface area (Å²) in [4.78, 5) is 2.58. The van der Waals surface area contributed by atoms with E-state index in [0.717, 1.165) is 17.6 Å². The fourth-order valence-electron chi connectivity index (χ4n) is 2.39. The van der Waals surface area contributed by atoms with Crippen LogP contribution < -0.4 is 5.32 Å². The fourth-order valence-corrected chi connectivity index (χ4v) is 2.66. The number of hydrogen-bond acceptors (Lipinski definition) is 2. The highest BCUT2D eigenvalue weighted by atomic mass is 79.9. The van der Waals surface area contributed by atoms with Crippen molar-refractivity contribution in [1.82, 2.24) is 10.2 Å². The van der Waals surface area contributed by atoms with Crippen LogP contribution in [-0.4, -0.2) is 31.1 Å². The molecular weight excluding hydrogens is 264 g/mol. The molecule has 1 aliphatic rings. The molecule has 0 aromatic heterocycles. The van der Waals surface area contributed by atoms with Gasteiger partial charge in [-0.25, -0.2) is 0 Å². The summed E-state index contributed by atoms with van der Waals surface area (Å²) in [6.07, 6.45) is 2.67. The number of likely N-dealkylation sites (N-methyl/N-ethyl adjacent to an activating group) is 1. The predicted molar refractivity (Wildman–Crippen MR) is 71.5 cm³/mol. The minimum atomic E-state index is 0.716. The summed E-state index contributed by atoms with van der Waals surface area (Å²) < 4.78 is 1.16. The van der Waals surface area contributed by atoms with Gasteiger partial charge >= 0.3 is 0 Å². The summed E-state index contributed by atoms with van der Waals surface area (Å²) in [7, 11) is 2.04. The van der Waals surface area contributed by atoms with Crippen molar-refractivity contribution in [3.63, 3.8) is 0 Å². The fraction of sp³-hybridized carbons (Fsp3) is 0.538. The van der Waals surface area contributed by atoms with Gasteiger partial charge in [0.1, 0.15) is 0 Å². The molecule has 1 fully saturated rings. The van der Waals surface area contributed by atoms with Crippen LogP contribution in [0.25, 0.3) is 0 Å². The summed E-state index contributed by atoms with van der Waals surface area (Å²) in [6.45, 7) is 3.43. The van der Waals surface area contributed by atoms with Crippen molar-refractivity contribution in [2.75, 3.05) is 20.1 Å². The molecule has 88 valence electrons. The van der Waals surface area contributed by atoms with Gasteiger partial charge in [0.15, 0.2) is 0 Å². The SMILES string of the molecule is CNCC1CCCN1Cc1ccc(Br)cc1. The molecule has 16 heavy (non-hydrogen) atoms. The minimum absolute atomic E-state index is 0.716.